The predicted octanol–water partition coefficient (Wildman–Crippen LogP) is 3.01. The molecule has 3 nitrogen and oxygen atoms in total. The summed E-state index contributed by atoms with van der Waals surface area (Å²) in [5.74, 6) is -1.81. The van der Waals surface area contributed by atoms with Crippen LogP contribution in [0.1, 0.15) is 17.2 Å². The Labute approximate surface area is 118 Å². The molecule has 1 aromatic carbocycles. The van der Waals surface area contributed by atoms with Crippen molar-refractivity contribution in [3.63, 3.8) is 0 Å². The van der Waals surface area contributed by atoms with Crippen molar-refractivity contribution in [2.75, 3.05) is 12.8 Å². The van der Waals surface area contributed by atoms with E-state index in [2.05, 4.69) is 26.2 Å². The number of rotatable bonds is 3. The molecule has 0 radical (unpaired) electrons. The summed E-state index contributed by atoms with van der Waals surface area (Å²) in [6, 6.07) is 3.88. The van der Waals surface area contributed by atoms with E-state index in [0.717, 1.165) is 6.07 Å². The van der Waals surface area contributed by atoms with Crippen molar-refractivity contribution in [3.8, 4) is 0 Å². The van der Waals surface area contributed by atoms with E-state index < -0.39 is 11.6 Å². The van der Waals surface area contributed by atoms with Crippen molar-refractivity contribution in [2.45, 2.75) is 6.04 Å². The summed E-state index contributed by atoms with van der Waals surface area (Å²) < 4.78 is 26.8. The number of hydrogen-bond donors (Lipinski definition) is 2. The molecular weight excluding hydrogens is 316 g/mol. The second kappa shape index (κ2) is 5.63. The summed E-state index contributed by atoms with van der Waals surface area (Å²) in [6.45, 7) is 0. The first-order chi connectivity index (χ1) is 9.06. The molecule has 0 saturated carbocycles. The lowest BCUT2D eigenvalue weighted by atomic mass is 9.99. The highest BCUT2D eigenvalue weighted by Crippen LogP contribution is 2.33. The Morgan fingerprint density at radius 1 is 1.26 bits per heavy atom. The van der Waals surface area contributed by atoms with Gasteiger partial charge in [0, 0.05) is 23.6 Å². The highest BCUT2D eigenvalue weighted by atomic mass is 79.9. The maximum Gasteiger partial charge on any atom is 0.173 e. The van der Waals surface area contributed by atoms with Crippen molar-refractivity contribution in [1.29, 1.82) is 0 Å². The summed E-state index contributed by atoms with van der Waals surface area (Å²) in [5.41, 5.74) is 7.68. The topological polar surface area (TPSA) is 50.9 Å². The number of nitrogens with one attached hydrogen (secondary N) is 1. The largest absolute Gasteiger partial charge is 0.398 e. The fourth-order valence-corrected chi connectivity index (χ4v) is 2.45. The molecule has 19 heavy (non-hydrogen) atoms. The van der Waals surface area contributed by atoms with Crippen molar-refractivity contribution in [1.82, 2.24) is 10.3 Å². The molecule has 2 rings (SSSR count). The van der Waals surface area contributed by atoms with Gasteiger partial charge in [-0.15, -0.1) is 0 Å². The number of nitrogen functional groups attached to an aromatic ring is 1. The van der Waals surface area contributed by atoms with E-state index in [0.29, 0.717) is 16.8 Å². The molecule has 0 aliphatic carbocycles. The number of anilines is 1. The van der Waals surface area contributed by atoms with E-state index in [-0.39, 0.29) is 10.5 Å². The van der Waals surface area contributed by atoms with Crippen LogP contribution in [0.2, 0.25) is 0 Å². The van der Waals surface area contributed by atoms with Gasteiger partial charge >= 0.3 is 0 Å². The molecule has 1 aromatic heterocycles. The lowest BCUT2D eigenvalue weighted by molar-refractivity contribution is 0.499. The average molecular weight is 328 g/mol. The van der Waals surface area contributed by atoms with E-state index in [1.165, 1.54) is 6.07 Å². The standard InChI is InChI=1S/C13H12BrF2N3/c1-18-13(8-6-19-5-4-10(8)17)7-2-3-9(15)12(16)11(7)14/h2-6,13,18H,1H3,(H2,17,19). The van der Waals surface area contributed by atoms with Crippen LogP contribution in [0, 0.1) is 11.6 Å². The van der Waals surface area contributed by atoms with Crippen molar-refractivity contribution < 1.29 is 8.78 Å². The van der Waals surface area contributed by atoms with Gasteiger partial charge < -0.3 is 11.1 Å². The quantitative estimate of drug-likeness (QED) is 0.852. The van der Waals surface area contributed by atoms with E-state index in [4.69, 9.17) is 5.73 Å². The minimum absolute atomic E-state index is 0.0788. The normalized spacial score (nSPS) is 12.4. The molecule has 1 atom stereocenters. The molecule has 2 aromatic rings. The number of benzene rings is 1. The Hall–Kier alpha value is -1.53. The van der Waals surface area contributed by atoms with Crippen molar-refractivity contribution in [3.05, 3.63) is 57.8 Å². The number of aromatic nitrogens is 1. The Morgan fingerprint density at radius 3 is 2.63 bits per heavy atom. The fraction of sp³-hybridized carbons (Fsp3) is 0.154. The molecule has 0 aliphatic rings. The van der Waals surface area contributed by atoms with Gasteiger partial charge in [0.15, 0.2) is 11.6 Å². The average Bonchev–Trinajstić information content (AvgIpc) is 2.41. The van der Waals surface area contributed by atoms with Gasteiger partial charge in [0.2, 0.25) is 0 Å². The third-order valence-corrected chi connectivity index (χ3v) is 3.67. The third-order valence-electron chi connectivity index (χ3n) is 2.86. The Kier molecular flexibility index (Phi) is 4.11. The van der Waals surface area contributed by atoms with E-state index in [1.807, 2.05) is 0 Å². The van der Waals surface area contributed by atoms with Crippen LogP contribution in [0.5, 0.6) is 0 Å². The molecule has 1 heterocycles. The van der Waals surface area contributed by atoms with Gasteiger partial charge in [-0.25, -0.2) is 8.78 Å². The fourth-order valence-electron chi connectivity index (χ4n) is 1.90. The first-order valence-corrected chi connectivity index (χ1v) is 6.35. The lowest BCUT2D eigenvalue weighted by Crippen LogP contribution is -2.20. The molecule has 100 valence electrons. The van der Waals surface area contributed by atoms with E-state index in [9.17, 15) is 8.78 Å². The van der Waals surface area contributed by atoms with Crippen LogP contribution >= 0.6 is 15.9 Å². The van der Waals surface area contributed by atoms with Gasteiger partial charge in [-0.1, -0.05) is 6.07 Å². The van der Waals surface area contributed by atoms with Crippen LogP contribution in [-0.4, -0.2) is 12.0 Å². The number of halogens is 3. The zero-order valence-corrected chi connectivity index (χ0v) is 11.7. The molecule has 0 bridgehead atoms. The van der Waals surface area contributed by atoms with Crippen LogP contribution < -0.4 is 11.1 Å². The maximum atomic E-state index is 13.6. The number of nitrogens with zero attached hydrogens (tertiary/aromatic N) is 1. The third kappa shape index (κ3) is 2.59. The van der Waals surface area contributed by atoms with Gasteiger partial charge in [0.1, 0.15) is 0 Å². The molecule has 0 spiro atoms. The minimum atomic E-state index is -0.916. The molecule has 0 amide bonds. The SMILES string of the molecule is CNC(c1cnccc1N)c1ccc(F)c(F)c1Br. The molecule has 6 heteroatoms. The number of nitrogens with two attached hydrogens (primary N) is 1. The smallest absolute Gasteiger partial charge is 0.173 e. The summed E-state index contributed by atoms with van der Waals surface area (Å²) in [4.78, 5) is 4.01. The van der Waals surface area contributed by atoms with Crippen LogP contribution in [0.15, 0.2) is 35.1 Å². The Morgan fingerprint density at radius 2 is 2.00 bits per heavy atom. The zero-order valence-electron chi connectivity index (χ0n) is 10.1. The zero-order chi connectivity index (χ0) is 14.0. The van der Waals surface area contributed by atoms with E-state index in [1.54, 1.807) is 25.5 Å². The summed E-state index contributed by atoms with van der Waals surface area (Å²) >= 11 is 3.08. The molecule has 3 N–H and O–H groups in total. The van der Waals surface area contributed by atoms with Crippen molar-refractivity contribution in [2.24, 2.45) is 0 Å². The van der Waals surface area contributed by atoms with Crippen LogP contribution in [-0.2, 0) is 0 Å². The predicted molar refractivity (Wildman–Crippen MR) is 73.6 cm³/mol. The van der Waals surface area contributed by atoms with Gasteiger partial charge in [0.05, 0.1) is 10.5 Å². The number of hydrogen-bond acceptors (Lipinski definition) is 3. The summed E-state index contributed by atoms with van der Waals surface area (Å²) in [7, 11) is 1.71. The molecule has 0 saturated heterocycles. The van der Waals surface area contributed by atoms with Crippen molar-refractivity contribution >= 4 is 21.6 Å². The minimum Gasteiger partial charge on any atom is -0.398 e. The van der Waals surface area contributed by atoms with Gasteiger partial charge in [-0.3, -0.25) is 4.98 Å². The van der Waals surface area contributed by atoms with Crippen LogP contribution in [0.3, 0.4) is 0 Å². The second-order valence-corrected chi connectivity index (χ2v) is 4.78. The van der Waals surface area contributed by atoms with Crippen LogP contribution in [0.4, 0.5) is 14.5 Å². The molecule has 0 fully saturated rings. The monoisotopic (exact) mass is 327 g/mol. The first kappa shape index (κ1) is 13.9. The van der Waals surface area contributed by atoms with Gasteiger partial charge in [-0.2, -0.15) is 0 Å². The Balaban J connectivity index is 2.55. The number of pyridine rings is 1. The van der Waals surface area contributed by atoms with Gasteiger partial charge in [0.25, 0.3) is 0 Å². The maximum absolute atomic E-state index is 13.6. The Bertz CT molecular complexity index is 604. The molecular formula is C13H12BrF2N3. The summed E-state index contributed by atoms with van der Waals surface area (Å²) in [5, 5.41) is 3.02. The highest BCUT2D eigenvalue weighted by Gasteiger charge is 2.21. The highest BCUT2D eigenvalue weighted by molar-refractivity contribution is 9.10. The molecule has 0 aliphatic heterocycles. The lowest BCUT2D eigenvalue weighted by Gasteiger charge is -2.20. The second-order valence-electron chi connectivity index (χ2n) is 3.99. The van der Waals surface area contributed by atoms with Gasteiger partial charge in [-0.05, 0) is 40.7 Å². The van der Waals surface area contributed by atoms with Crippen LogP contribution in [0.25, 0.3) is 0 Å². The summed E-state index contributed by atoms with van der Waals surface area (Å²) in [6.07, 6.45) is 3.18. The van der Waals surface area contributed by atoms with E-state index >= 15 is 0 Å². The molecule has 1 unspecified atom stereocenters. The first-order valence-electron chi connectivity index (χ1n) is 5.56.